The van der Waals surface area contributed by atoms with Crippen molar-refractivity contribution in [3.05, 3.63) is 0 Å². The zero-order valence-corrected chi connectivity index (χ0v) is 32.0. The first-order chi connectivity index (χ1) is 24.0. The molecule has 2 unspecified atom stereocenters. The van der Waals surface area contributed by atoms with E-state index in [1.54, 1.807) is 0 Å². The van der Waals surface area contributed by atoms with Crippen molar-refractivity contribution in [2.45, 2.75) is 212 Å². The van der Waals surface area contributed by atoms with Gasteiger partial charge in [0.25, 0.3) is 0 Å². The minimum atomic E-state index is -1.34. The van der Waals surface area contributed by atoms with Crippen LogP contribution in [0.3, 0.4) is 0 Å². The summed E-state index contributed by atoms with van der Waals surface area (Å²) in [5.74, 6) is -3.72. The van der Waals surface area contributed by atoms with Crippen LogP contribution in [-0.4, -0.2) is 93.0 Å². The molecule has 0 rings (SSSR count). The maximum atomic E-state index is 13.1. The number of aliphatic carboxylic acids is 2. The number of carboxylic acid groups (broad SMARTS) is 2. The van der Waals surface area contributed by atoms with E-state index < -0.39 is 41.7 Å². The molecule has 0 aliphatic heterocycles. The molecule has 0 bridgehead atoms. The van der Waals surface area contributed by atoms with Crippen molar-refractivity contribution in [2.24, 2.45) is 17.2 Å². The number of unbranched alkanes of at least 4 members (excludes halogenated alkanes) is 21. The van der Waals surface area contributed by atoms with Crippen molar-refractivity contribution >= 4 is 59.2 Å². The van der Waals surface area contributed by atoms with E-state index in [1.807, 2.05) is 0 Å². The van der Waals surface area contributed by atoms with Gasteiger partial charge in [-0.3, -0.25) is 24.1 Å². The molecule has 0 aromatic heterocycles. The molecule has 8 N–H and O–H groups in total. The van der Waals surface area contributed by atoms with Crippen molar-refractivity contribution in [1.82, 2.24) is 4.90 Å². The predicted molar refractivity (Wildman–Crippen MR) is 210 cm³/mol. The molecular weight excluding hydrogens is 659 g/mol. The Balaban J connectivity index is -0.00000181. The number of carbonyl (C=O) groups is 5. The Morgan fingerprint density at radius 3 is 1.16 bits per heavy atom. The average Bonchev–Trinajstić information content (AvgIpc) is 3.07. The Morgan fingerprint density at radius 1 is 0.510 bits per heavy atom. The molecule has 2 atom stereocenters. The molecule has 0 spiro atoms. The van der Waals surface area contributed by atoms with Gasteiger partial charge in [0, 0.05) is 19.3 Å². The summed E-state index contributed by atoms with van der Waals surface area (Å²) in [6, 6.07) is -2.06. The molecule has 0 fully saturated rings. The van der Waals surface area contributed by atoms with Gasteiger partial charge in [-0.1, -0.05) is 149 Å². The molecule has 0 aromatic carbocycles. The molecule has 12 heteroatoms. The number of rotatable bonds is 34. The van der Waals surface area contributed by atoms with E-state index in [0.717, 1.165) is 56.3 Å². The van der Waals surface area contributed by atoms with Crippen LogP contribution < -0.4 is 17.2 Å². The van der Waals surface area contributed by atoms with Crippen LogP contribution in [0.4, 0.5) is 0 Å². The normalized spacial score (nSPS) is 11.8. The number of carboxylic acids is 2. The molecule has 0 radical (unpaired) electrons. The summed E-state index contributed by atoms with van der Waals surface area (Å²) in [6.45, 7) is 5.05. The van der Waals surface area contributed by atoms with E-state index >= 15 is 0 Å². The number of nitrogens with two attached hydrogens (primary N) is 3. The maximum absolute atomic E-state index is 13.1. The number of hydrogen-bond donors (Lipinski definition) is 5. The molecule has 0 saturated carbocycles. The third-order valence-corrected chi connectivity index (χ3v) is 9.07. The fourth-order valence-electron chi connectivity index (χ4n) is 5.88. The van der Waals surface area contributed by atoms with Crippen LogP contribution in [0, 0.1) is 0 Å². The van der Waals surface area contributed by atoms with Crippen molar-refractivity contribution < 1.29 is 34.2 Å². The molecular formula is C39H77N4NaO7. The summed E-state index contributed by atoms with van der Waals surface area (Å²) in [5.41, 5.74) is 15.6. The Hall–Kier alpha value is -1.53. The first-order valence-corrected chi connectivity index (χ1v) is 20.1. The molecule has 0 aliphatic rings. The van der Waals surface area contributed by atoms with E-state index in [2.05, 4.69) is 13.8 Å². The number of nitrogens with zero attached hydrogens (tertiary/aromatic N) is 1. The third-order valence-electron chi connectivity index (χ3n) is 9.07. The molecule has 11 nitrogen and oxygen atoms in total. The molecule has 0 heterocycles. The fraction of sp³-hybridized carbons (Fsp3) is 0.872. The minimum absolute atomic E-state index is 0. The van der Waals surface area contributed by atoms with Gasteiger partial charge < -0.3 is 27.4 Å². The van der Waals surface area contributed by atoms with Crippen LogP contribution in [-0.2, 0) is 24.0 Å². The first-order valence-electron chi connectivity index (χ1n) is 20.1. The van der Waals surface area contributed by atoms with Crippen LogP contribution in [0.1, 0.15) is 200 Å². The second-order valence-corrected chi connectivity index (χ2v) is 13.8. The SMILES string of the molecule is CCCCCCCCCCCCCC(=O)N(C(=O)CCCCCCCCCCCCC)C(CCC(N)=O)C(=O)O.NCCCCC(N)C(=O)O.[NaH]. The zero-order valence-electron chi connectivity index (χ0n) is 32.0. The summed E-state index contributed by atoms with van der Waals surface area (Å²) >= 11 is 0. The zero-order chi connectivity index (χ0) is 37.8. The Bertz CT molecular complexity index is 840. The fourth-order valence-corrected chi connectivity index (χ4v) is 5.88. The Labute approximate surface area is 332 Å². The van der Waals surface area contributed by atoms with Crippen LogP contribution in [0.5, 0.6) is 0 Å². The molecule has 0 aromatic rings. The number of imide groups is 1. The topological polar surface area (TPSA) is 207 Å². The van der Waals surface area contributed by atoms with Crippen molar-refractivity contribution in [3.63, 3.8) is 0 Å². The number of carbonyl (C=O) groups excluding carboxylic acids is 3. The summed E-state index contributed by atoms with van der Waals surface area (Å²) in [4.78, 5) is 60.5. The molecule has 296 valence electrons. The van der Waals surface area contributed by atoms with Gasteiger partial charge in [-0.25, -0.2) is 4.79 Å². The second kappa shape index (κ2) is 39.7. The van der Waals surface area contributed by atoms with Gasteiger partial charge in [0.1, 0.15) is 12.1 Å². The summed E-state index contributed by atoms with van der Waals surface area (Å²) in [6.07, 6.45) is 27.5. The molecule has 0 aliphatic carbocycles. The Kier molecular flexibility index (Phi) is 41.9. The second-order valence-electron chi connectivity index (χ2n) is 13.8. The van der Waals surface area contributed by atoms with Gasteiger partial charge in [-0.05, 0) is 38.6 Å². The van der Waals surface area contributed by atoms with Gasteiger partial charge in [0.15, 0.2) is 0 Å². The Morgan fingerprint density at radius 2 is 0.863 bits per heavy atom. The van der Waals surface area contributed by atoms with Gasteiger partial charge in [0.05, 0.1) is 0 Å². The van der Waals surface area contributed by atoms with E-state index in [1.165, 1.54) is 89.9 Å². The van der Waals surface area contributed by atoms with Crippen LogP contribution in [0.25, 0.3) is 0 Å². The van der Waals surface area contributed by atoms with E-state index in [9.17, 15) is 29.1 Å². The standard InChI is InChI=1S/C33H62N2O5.C6H14N2O2.Na.H/c1-3-5-7-9-11-13-15-17-19-21-23-25-31(37)35(29(33(39)40)27-28-30(34)36)32(38)26-24-22-20-18-16-14-12-10-8-6-4-2;7-4-2-1-3-5(8)6(9)10;;/h29H,3-28H2,1-2H3,(H2,34,36)(H,39,40);5H,1-4,7-8H2,(H,9,10);;. The van der Waals surface area contributed by atoms with Crippen LogP contribution in [0.15, 0.2) is 0 Å². The third kappa shape index (κ3) is 35.3. The monoisotopic (exact) mass is 737 g/mol. The molecule has 3 amide bonds. The predicted octanol–water partition coefficient (Wildman–Crippen LogP) is 7.34. The number of primary amides is 1. The number of hydrogen-bond acceptors (Lipinski definition) is 7. The number of amides is 3. The molecule has 51 heavy (non-hydrogen) atoms. The summed E-state index contributed by atoms with van der Waals surface area (Å²) in [5, 5.41) is 18.1. The first kappa shape index (κ1) is 53.8. The van der Waals surface area contributed by atoms with E-state index in [4.69, 9.17) is 22.3 Å². The van der Waals surface area contributed by atoms with Gasteiger partial charge in [-0.15, -0.1) is 0 Å². The van der Waals surface area contributed by atoms with Gasteiger partial charge in [0.2, 0.25) is 17.7 Å². The van der Waals surface area contributed by atoms with Crippen molar-refractivity contribution in [3.8, 4) is 0 Å². The van der Waals surface area contributed by atoms with Crippen molar-refractivity contribution in [1.29, 1.82) is 0 Å². The summed E-state index contributed by atoms with van der Waals surface area (Å²) in [7, 11) is 0. The van der Waals surface area contributed by atoms with E-state index in [0.29, 0.717) is 25.8 Å². The quantitative estimate of drug-likeness (QED) is 0.0330. The van der Waals surface area contributed by atoms with E-state index in [-0.39, 0.29) is 55.2 Å². The molecule has 0 saturated heterocycles. The average molecular weight is 737 g/mol. The summed E-state index contributed by atoms with van der Waals surface area (Å²) < 4.78 is 0. The van der Waals surface area contributed by atoms with Gasteiger partial charge in [-0.2, -0.15) is 0 Å². The van der Waals surface area contributed by atoms with Gasteiger partial charge >= 0.3 is 41.5 Å². The van der Waals surface area contributed by atoms with Crippen LogP contribution >= 0.6 is 0 Å². The van der Waals surface area contributed by atoms with Crippen LogP contribution in [0.2, 0.25) is 0 Å². The van der Waals surface area contributed by atoms with Crippen molar-refractivity contribution in [2.75, 3.05) is 6.54 Å².